The molecule has 0 aromatic heterocycles. The van der Waals surface area contributed by atoms with Crippen molar-refractivity contribution in [1.29, 1.82) is 5.53 Å². The van der Waals surface area contributed by atoms with Crippen LogP contribution in [0.15, 0.2) is 29.4 Å². The topological polar surface area (TPSA) is 57.5 Å². The summed E-state index contributed by atoms with van der Waals surface area (Å²) in [7, 11) is 0. The van der Waals surface area contributed by atoms with Crippen molar-refractivity contribution < 1.29 is 4.74 Å². The van der Waals surface area contributed by atoms with Gasteiger partial charge in [0.2, 0.25) is 0 Å². The number of rotatable bonds is 7. The molecule has 4 heteroatoms. The highest BCUT2D eigenvalue weighted by atomic mass is 16.5. The largest absolute Gasteiger partial charge is 0.494 e. The molecule has 0 saturated carbocycles. The first-order valence-corrected chi connectivity index (χ1v) is 7.60. The van der Waals surface area contributed by atoms with Crippen molar-refractivity contribution in [2.75, 3.05) is 18.5 Å². The Bertz CT molecular complexity index is 535. The van der Waals surface area contributed by atoms with Gasteiger partial charge in [-0.1, -0.05) is 6.08 Å². The van der Waals surface area contributed by atoms with Gasteiger partial charge in [0.25, 0.3) is 0 Å². The Morgan fingerprint density at radius 3 is 2.81 bits per heavy atom. The van der Waals surface area contributed by atoms with Gasteiger partial charge in [0.1, 0.15) is 5.75 Å². The second-order valence-corrected chi connectivity index (χ2v) is 6.17. The van der Waals surface area contributed by atoms with Crippen LogP contribution in [-0.2, 0) is 0 Å². The SMILES string of the molecule is CC1=CC(C)(C)Nc2ccc(OCCCCCN=N)cc21. The molecule has 2 N–H and O–H groups in total. The summed E-state index contributed by atoms with van der Waals surface area (Å²) in [5.74, 6) is 0.924. The first-order valence-electron chi connectivity index (χ1n) is 7.60. The third kappa shape index (κ3) is 4.31. The first kappa shape index (κ1) is 15.5. The molecule has 0 amide bonds. The zero-order valence-corrected chi connectivity index (χ0v) is 13.2. The Balaban J connectivity index is 1.93. The second-order valence-electron chi connectivity index (χ2n) is 6.17. The van der Waals surface area contributed by atoms with Crippen LogP contribution in [0.25, 0.3) is 5.57 Å². The molecule has 0 saturated heterocycles. The molecule has 0 bridgehead atoms. The first-order chi connectivity index (χ1) is 10.0. The molecule has 0 unspecified atom stereocenters. The minimum Gasteiger partial charge on any atom is -0.494 e. The Hall–Kier alpha value is -1.84. The molecule has 1 aliphatic heterocycles. The van der Waals surface area contributed by atoms with Gasteiger partial charge in [-0.15, -0.1) is 0 Å². The van der Waals surface area contributed by atoms with Crippen molar-refractivity contribution in [3.63, 3.8) is 0 Å². The number of nitrogens with zero attached hydrogens (tertiary/aromatic N) is 1. The molecule has 114 valence electrons. The van der Waals surface area contributed by atoms with E-state index in [0.717, 1.165) is 31.6 Å². The van der Waals surface area contributed by atoms with Crippen LogP contribution in [0.2, 0.25) is 0 Å². The molecule has 1 aromatic rings. The van der Waals surface area contributed by atoms with E-state index in [1.807, 2.05) is 6.07 Å². The van der Waals surface area contributed by atoms with Crippen LogP contribution in [0, 0.1) is 5.53 Å². The summed E-state index contributed by atoms with van der Waals surface area (Å²) in [5, 5.41) is 6.88. The van der Waals surface area contributed by atoms with E-state index in [2.05, 4.69) is 49.4 Å². The minimum absolute atomic E-state index is 0.00234. The maximum Gasteiger partial charge on any atom is 0.120 e. The number of anilines is 1. The Morgan fingerprint density at radius 1 is 1.24 bits per heavy atom. The van der Waals surface area contributed by atoms with Crippen LogP contribution in [0.4, 0.5) is 5.69 Å². The van der Waals surface area contributed by atoms with E-state index in [0.29, 0.717) is 6.54 Å². The number of benzene rings is 1. The van der Waals surface area contributed by atoms with Gasteiger partial charge in [-0.25, -0.2) is 5.53 Å². The van der Waals surface area contributed by atoms with Crippen molar-refractivity contribution in [3.8, 4) is 5.75 Å². The van der Waals surface area contributed by atoms with Gasteiger partial charge in [0.05, 0.1) is 18.7 Å². The van der Waals surface area contributed by atoms with E-state index < -0.39 is 0 Å². The number of nitrogens with one attached hydrogen (secondary N) is 2. The minimum atomic E-state index is 0.00234. The van der Waals surface area contributed by atoms with Crippen molar-refractivity contribution in [2.45, 2.75) is 45.6 Å². The third-order valence-corrected chi connectivity index (χ3v) is 3.63. The number of allylic oxidation sites excluding steroid dienone is 1. The van der Waals surface area contributed by atoms with E-state index in [4.69, 9.17) is 10.3 Å². The molecule has 4 nitrogen and oxygen atoms in total. The van der Waals surface area contributed by atoms with Crippen LogP contribution >= 0.6 is 0 Å². The van der Waals surface area contributed by atoms with Crippen molar-refractivity contribution in [1.82, 2.24) is 0 Å². The van der Waals surface area contributed by atoms with Gasteiger partial charge in [0.15, 0.2) is 0 Å². The molecular formula is C17H25N3O. The van der Waals surface area contributed by atoms with Crippen LogP contribution < -0.4 is 10.1 Å². The summed E-state index contributed by atoms with van der Waals surface area (Å²) in [6.07, 6.45) is 5.29. The smallest absolute Gasteiger partial charge is 0.120 e. The fourth-order valence-corrected chi connectivity index (χ4v) is 2.71. The lowest BCUT2D eigenvalue weighted by Crippen LogP contribution is -2.31. The summed E-state index contributed by atoms with van der Waals surface area (Å²) >= 11 is 0. The summed E-state index contributed by atoms with van der Waals surface area (Å²) in [4.78, 5) is 0. The summed E-state index contributed by atoms with van der Waals surface area (Å²) < 4.78 is 5.82. The van der Waals surface area contributed by atoms with E-state index >= 15 is 0 Å². The Labute approximate surface area is 127 Å². The zero-order chi connectivity index (χ0) is 15.3. The van der Waals surface area contributed by atoms with E-state index in [-0.39, 0.29) is 5.54 Å². The van der Waals surface area contributed by atoms with E-state index in [1.165, 1.54) is 16.8 Å². The van der Waals surface area contributed by atoms with Gasteiger partial charge >= 0.3 is 0 Å². The maximum atomic E-state index is 6.74. The van der Waals surface area contributed by atoms with Gasteiger partial charge in [-0.3, -0.25) is 0 Å². The number of unbranched alkanes of at least 4 members (excludes halogenated alkanes) is 2. The van der Waals surface area contributed by atoms with Crippen molar-refractivity contribution in [2.24, 2.45) is 5.11 Å². The Morgan fingerprint density at radius 2 is 2.05 bits per heavy atom. The number of fused-ring (bicyclic) bond motifs is 1. The molecule has 0 spiro atoms. The fourth-order valence-electron chi connectivity index (χ4n) is 2.71. The van der Waals surface area contributed by atoms with E-state index in [9.17, 15) is 0 Å². The second kappa shape index (κ2) is 6.74. The number of ether oxygens (including phenoxy) is 1. The van der Waals surface area contributed by atoms with Gasteiger partial charge in [-0.2, -0.15) is 5.11 Å². The summed E-state index contributed by atoms with van der Waals surface area (Å²) in [5.41, 5.74) is 10.4. The summed E-state index contributed by atoms with van der Waals surface area (Å²) in [6, 6.07) is 6.24. The Kier molecular flexibility index (Phi) is 4.99. The predicted octanol–water partition coefficient (Wildman–Crippen LogP) is 4.87. The van der Waals surface area contributed by atoms with Crippen molar-refractivity contribution >= 4 is 11.3 Å². The lowest BCUT2D eigenvalue weighted by molar-refractivity contribution is 0.305. The molecule has 21 heavy (non-hydrogen) atoms. The maximum absolute atomic E-state index is 6.74. The average Bonchev–Trinajstić information content (AvgIpc) is 2.42. The molecule has 2 rings (SSSR count). The molecule has 0 radical (unpaired) electrons. The molecule has 0 aliphatic carbocycles. The fraction of sp³-hybridized carbons (Fsp3) is 0.529. The quantitative estimate of drug-likeness (QED) is 0.555. The predicted molar refractivity (Wildman–Crippen MR) is 87.2 cm³/mol. The van der Waals surface area contributed by atoms with Crippen LogP contribution in [0.1, 0.15) is 45.6 Å². The van der Waals surface area contributed by atoms with Gasteiger partial charge in [0, 0.05) is 11.3 Å². The molecule has 0 fully saturated rings. The molecule has 1 aliphatic rings. The lowest BCUT2D eigenvalue weighted by atomic mass is 9.91. The third-order valence-electron chi connectivity index (χ3n) is 3.63. The van der Waals surface area contributed by atoms with E-state index in [1.54, 1.807) is 0 Å². The van der Waals surface area contributed by atoms with Crippen molar-refractivity contribution in [3.05, 3.63) is 29.8 Å². The average molecular weight is 287 g/mol. The number of hydrogen-bond donors (Lipinski definition) is 2. The zero-order valence-electron chi connectivity index (χ0n) is 13.2. The summed E-state index contributed by atoms with van der Waals surface area (Å²) in [6.45, 7) is 7.85. The van der Waals surface area contributed by atoms with Crippen LogP contribution in [0.3, 0.4) is 0 Å². The molecule has 0 atom stereocenters. The van der Waals surface area contributed by atoms with Gasteiger partial charge < -0.3 is 10.1 Å². The van der Waals surface area contributed by atoms with Crippen LogP contribution in [0.5, 0.6) is 5.75 Å². The lowest BCUT2D eigenvalue weighted by Gasteiger charge is -2.31. The monoisotopic (exact) mass is 287 g/mol. The number of hydrogen-bond acceptors (Lipinski definition) is 4. The highest BCUT2D eigenvalue weighted by Crippen LogP contribution is 2.35. The molecule has 1 heterocycles. The highest BCUT2D eigenvalue weighted by molar-refractivity contribution is 5.80. The standard InChI is InChI=1S/C17H25N3O/c1-13-12-17(2,3)20-16-8-7-14(11-15(13)16)21-10-6-4-5-9-19-18/h7-8,11-12,18,20H,4-6,9-10H2,1-3H3. The molecule has 1 aromatic carbocycles. The van der Waals surface area contributed by atoms with Gasteiger partial charge in [-0.05, 0) is 63.8 Å². The normalized spacial score (nSPS) is 15.7. The molecular weight excluding hydrogens is 262 g/mol. The van der Waals surface area contributed by atoms with Crippen LogP contribution in [-0.4, -0.2) is 18.7 Å². The highest BCUT2D eigenvalue weighted by Gasteiger charge is 2.22.